The van der Waals surface area contributed by atoms with Crippen molar-refractivity contribution in [3.8, 4) is 11.4 Å². The van der Waals surface area contributed by atoms with Gasteiger partial charge >= 0.3 is 6.18 Å². The molecule has 1 unspecified atom stereocenters. The number of fused-ring (bicyclic) bond motifs is 1. The molecule has 188 valence electrons. The van der Waals surface area contributed by atoms with Crippen LogP contribution in [0.2, 0.25) is 0 Å². The fourth-order valence-corrected chi connectivity index (χ4v) is 4.16. The third kappa shape index (κ3) is 4.45. The molecular formula is C22H23F3N10O. The van der Waals surface area contributed by atoms with Crippen LogP contribution < -0.4 is 5.32 Å². The van der Waals surface area contributed by atoms with Crippen molar-refractivity contribution < 1.29 is 18.0 Å². The second kappa shape index (κ2) is 8.84. The van der Waals surface area contributed by atoms with Crippen LogP contribution in [0.1, 0.15) is 41.0 Å². The van der Waals surface area contributed by atoms with E-state index in [1.54, 1.807) is 28.2 Å². The van der Waals surface area contributed by atoms with Crippen molar-refractivity contribution in [2.45, 2.75) is 51.7 Å². The highest BCUT2D eigenvalue weighted by Gasteiger charge is 2.36. The summed E-state index contributed by atoms with van der Waals surface area (Å²) in [5.41, 5.74) is 1.97. The molecule has 2 aliphatic rings. The maximum Gasteiger partial charge on any atom is 0.451 e. The molecule has 2 atom stereocenters. The maximum absolute atomic E-state index is 13.3. The topological polar surface area (TPSA) is 117 Å². The van der Waals surface area contributed by atoms with Gasteiger partial charge in [0.1, 0.15) is 11.9 Å². The van der Waals surface area contributed by atoms with Crippen molar-refractivity contribution in [1.29, 1.82) is 0 Å². The van der Waals surface area contributed by atoms with E-state index < -0.39 is 17.9 Å². The summed E-state index contributed by atoms with van der Waals surface area (Å²) in [7, 11) is 1.85. The highest BCUT2D eigenvalue weighted by molar-refractivity contribution is 5.92. The fourth-order valence-electron chi connectivity index (χ4n) is 4.16. The Morgan fingerprint density at radius 2 is 2.00 bits per heavy atom. The van der Waals surface area contributed by atoms with Crippen LogP contribution in [0.3, 0.4) is 0 Å². The van der Waals surface area contributed by atoms with E-state index in [0.29, 0.717) is 30.3 Å². The maximum atomic E-state index is 13.3. The lowest BCUT2D eigenvalue weighted by Gasteiger charge is -2.33. The van der Waals surface area contributed by atoms with E-state index >= 15 is 0 Å². The summed E-state index contributed by atoms with van der Waals surface area (Å²) in [6, 6.07) is 1.07. The van der Waals surface area contributed by atoms with E-state index in [9.17, 15) is 18.0 Å². The molecule has 0 saturated heterocycles. The molecule has 5 heterocycles. The number of halogens is 3. The molecule has 14 heteroatoms. The number of amides is 1. The van der Waals surface area contributed by atoms with Crippen molar-refractivity contribution in [2.75, 3.05) is 12.4 Å². The van der Waals surface area contributed by atoms with E-state index in [1.165, 1.54) is 11.0 Å². The zero-order valence-corrected chi connectivity index (χ0v) is 19.7. The van der Waals surface area contributed by atoms with Crippen LogP contribution in [0.5, 0.6) is 0 Å². The second-order valence-electron chi connectivity index (χ2n) is 8.75. The molecule has 0 aromatic carbocycles. The molecule has 0 saturated carbocycles. The summed E-state index contributed by atoms with van der Waals surface area (Å²) in [6.45, 7) is 4.01. The normalized spacial score (nSPS) is 19.7. The van der Waals surface area contributed by atoms with Crippen LogP contribution in [0.4, 0.5) is 19.1 Å². The molecule has 36 heavy (non-hydrogen) atoms. The number of nitrogens with zero attached hydrogens (tertiary/aromatic N) is 9. The number of hydrogen-bond donors (Lipinski definition) is 1. The first kappa shape index (κ1) is 23.6. The number of anilines is 1. The molecule has 0 aliphatic carbocycles. The zero-order chi connectivity index (χ0) is 25.6. The van der Waals surface area contributed by atoms with E-state index in [1.807, 2.05) is 20.9 Å². The van der Waals surface area contributed by atoms with Crippen LogP contribution in [0, 0.1) is 6.92 Å². The lowest BCUT2D eigenvalue weighted by atomic mass is 10.2. The zero-order valence-electron chi connectivity index (χ0n) is 19.7. The number of alkyl halides is 3. The van der Waals surface area contributed by atoms with Crippen LogP contribution in [-0.4, -0.2) is 70.8 Å². The molecule has 11 nitrogen and oxygen atoms in total. The Morgan fingerprint density at radius 1 is 1.19 bits per heavy atom. The van der Waals surface area contributed by atoms with Crippen molar-refractivity contribution >= 4 is 18.1 Å². The molecule has 0 spiro atoms. The molecule has 2 aliphatic heterocycles. The minimum Gasteiger partial charge on any atom is -0.332 e. The van der Waals surface area contributed by atoms with E-state index in [4.69, 9.17) is 0 Å². The van der Waals surface area contributed by atoms with Gasteiger partial charge in [-0.25, -0.2) is 24.9 Å². The van der Waals surface area contributed by atoms with Crippen LogP contribution in [0.25, 0.3) is 11.4 Å². The average Bonchev–Trinajstić information content (AvgIpc) is 3.43. The Bertz CT molecular complexity index is 1340. The quantitative estimate of drug-likeness (QED) is 0.568. The van der Waals surface area contributed by atoms with Gasteiger partial charge in [0, 0.05) is 50.9 Å². The minimum atomic E-state index is -4.66. The molecule has 0 radical (unpaired) electrons. The Labute approximate surface area is 204 Å². The predicted octanol–water partition coefficient (Wildman–Crippen LogP) is 2.56. The van der Waals surface area contributed by atoms with Gasteiger partial charge in [0.2, 0.25) is 11.8 Å². The van der Waals surface area contributed by atoms with Crippen molar-refractivity contribution in [3.63, 3.8) is 0 Å². The number of aromatic nitrogens is 6. The lowest BCUT2D eigenvalue weighted by Crippen LogP contribution is -2.46. The Balaban J connectivity index is 1.39. The first-order chi connectivity index (χ1) is 17.1. The third-order valence-electron chi connectivity index (χ3n) is 6.07. The molecule has 3 aromatic heterocycles. The van der Waals surface area contributed by atoms with Gasteiger partial charge in [0.15, 0.2) is 5.82 Å². The number of aryl methyl sites for hydroxylation is 1. The summed E-state index contributed by atoms with van der Waals surface area (Å²) in [6.07, 6.45) is 2.28. The molecule has 0 fully saturated rings. The SMILES string of the molecule is Cc1cnc(NC2CC=NN2C)nc1-c1cn2c(n1)C(=O)N(Cc1ccnc(C(F)(F)F)n1)[C@@H](C)C2. The Kier molecular flexibility index (Phi) is 5.80. The Hall–Kier alpha value is -4.10. The van der Waals surface area contributed by atoms with Crippen LogP contribution in [0.15, 0.2) is 29.8 Å². The van der Waals surface area contributed by atoms with Gasteiger partial charge in [0.25, 0.3) is 5.91 Å². The molecule has 0 bridgehead atoms. The van der Waals surface area contributed by atoms with Gasteiger partial charge < -0.3 is 14.8 Å². The van der Waals surface area contributed by atoms with E-state index in [-0.39, 0.29) is 30.3 Å². The monoisotopic (exact) mass is 500 g/mol. The minimum absolute atomic E-state index is 0.0635. The number of carbonyl (C=O) groups excluding carboxylic acids is 1. The number of hydrogen-bond acceptors (Lipinski definition) is 9. The third-order valence-corrected chi connectivity index (χ3v) is 6.07. The standard InChI is InChI=1S/C22H23F3N10O/c1-12-8-27-21(31-16-5-7-28-33(16)3)32-17(12)15-11-34-9-13(2)35(19(36)18(34)30-15)10-14-4-6-26-20(29-14)22(23,24)25/h4,6-8,11,13,16H,5,9-10H2,1-3H3,(H,27,31,32)/t13-,16?/m0/s1. The van der Waals surface area contributed by atoms with Gasteiger partial charge in [-0.3, -0.25) is 9.80 Å². The Morgan fingerprint density at radius 3 is 2.72 bits per heavy atom. The van der Waals surface area contributed by atoms with Gasteiger partial charge in [-0.05, 0) is 25.5 Å². The molecule has 3 aromatic rings. The lowest BCUT2D eigenvalue weighted by molar-refractivity contribution is -0.145. The molecular weight excluding hydrogens is 477 g/mol. The first-order valence-electron chi connectivity index (χ1n) is 11.2. The van der Waals surface area contributed by atoms with Crippen LogP contribution >= 0.6 is 0 Å². The molecule has 5 rings (SSSR count). The highest BCUT2D eigenvalue weighted by Crippen LogP contribution is 2.28. The highest BCUT2D eigenvalue weighted by atomic mass is 19.4. The summed E-state index contributed by atoms with van der Waals surface area (Å²) in [4.78, 5) is 35.1. The van der Waals surface area contributed by atoms with Gasteiger partial charge in [0.05, 0.1) is 17.9 Å². The summed E-state index contributed by atoms with van der Waals surface area (Å²) >= 11 is 0. The largest absolute Gasteiger partial charge is 0.451 e. The number of carbonyl (C=O) groups is 1. The first-order valence-corrected chi connectivity index (χ1v) is 11.2. The van der Waals surface area contributed by atoms with Crippen molar-refractivity contribution in [1.82, 2.24) is 39.4 Å². The fraction of sp³-hybridized carbons (Fsp3) is 0.409. The van der Waals surface area contributed by atoms with Gasteiger partial charge in [-0.15, -0.1) is 0 Å². The number of hydrazone groups is 1. The van der Waals surface area contributed by atoms with E-state index in [2.05, 4.69) is 35.3 Å². The number of nitrogens with one attached hydrogen (secondary N) is 1. The van der Waals surface area contributed by atoms with Crippen LogP contribution in [-0.2, 0) is 19.3 Å². The van der Waals surface area contributed by atoms with Gasteiger partial charge in [-0.2, -0.15) is 18.3 Å². The van der Waals surface area contributed by atoms with Crippen molar-refractivity contribution in [2.24, 2.45) is 5.10 Å². The summed E-state index contributed by atoms with van der Waals surface area (Å²) in [5, 5.41) is 9.21. The average molecular weight is 500 g/mol. The molecule has 1 N–H and O–H groups in total. The smallest absolute Gasteiger partial charge is 0.332 e. The predicted molar refractivity (Wildman–Crippen MR) is 123 cm³/mol. The van der Waals surface area contributed by atoms with E-state index in [0.717, 1.165) is 11.8 Å². The summed E-state index contributed by atoms with van der Waals surface area (Å²) in [5.74, 6) is -1.04. The molecule has 1 amide bonds. The second-order valence-corrected chi connectivity index (χ2v) is 8.75. The number of imidazole rings is 1. The van der Waals surface area contributed by atoms with Crippen molar-refractivity contribution in [3.05, 3.63) is 47.6 Å². The van der Waals surface area contributed by atoms with Gasteiger partial charge in [-0.1, -0.05) is 0 Å². The summed E-state index contributed by atoms with van der Waals surface area (Å²) < 4.78 is 40.8. The number of rotatable bonds is 5.